The third-order valence-electron chi connectivity index (χ3n) is 4.18. The van der Waals surface area contributed by atoms with Gasteiger partial charge in [0.05, 0.1) is 11.9 Å². The van der Waals surface area contributed by atoms with Crippen molar-refractivity contribution in [1.29, 1.82) is 0 Å². The fraction of sp³-hybridized carbons (Fsp3) is 0.294. The topological polar surface area (TPSA) is 29.5 Å². The number of aliphatic hydroxyl groups excluding tert-OH is 1. The lowest BCUT2D eigenvalue weighted by molar-refractivity contribution is 0.0239. The molecule has 1 heterocycles. The molecule has 21 heavy (non-hydrogen) atoms. The van der Waals surface area contributed by atoms with Gasteiger partial charge in [0.2, 0.25) is 0 Å². The summed E-state index contributed by atoms with van der Waals surface area (Å²) in [6.07, 6.45) is 0.605. The highest BCUT2D eigenvalue weighted by Gasteiger charge is 2.41. The first-order valence-electron chi connectivity index (χ1n) is 7.04. The third kappa shape index (κ3) is 2.18. The van der Waals surface area contributed by atoms with Crippen molar-refractivity contribution in [2.24, 2.45) is 0 Å². The van der Waals surface area contributed by atoms with Crippen LogP contribution in [0.1, 0.15) is 33.6 Å². The molecule has 0 bridgehead atoms. The normalized spacial score (nSPS) is 26.7. The monoisotopic (exact) mass is 302 g/mol. The Balaban J connectivity index is 1.90. The first-order chi connectivity index (χ1) is 10.3. The van der Waals surface area contributed by atoms with E-state index in [0.29, 0.717) is 0 Å². The maximum atomic E-state index is 13.7. The van der Waals surface area contributed by atoms with Gasteiger partial charge in [-0.2, -0.15) is 0 Å². The minimum atomic E-state index is -0.248. The number of aliphatic hydroxyl groups is 1. The number of fused-ring (bicyclic) bond motifs is 5. The van der Waals surface area contributed by atoms with Crippen molar-refractivity contribution >= 4 is 11.8 Å². The van der Waals surface area contributed by atoms with Gasteiger partial charge < -0.3 is 9.84 Å². The molecular formula is C17H15FO2S. The van der Waals surface area contributed by atoms with Gasteiger partial charge in [0.25, 0.3) is 0 Å². The molecule has 1 aliphatic carbocycles. The molecule has 1 fully saturated rings. The molecule has 2 nitrogen and oxygen atoms in total. The fourth-order valence-corrected chi connectivity index (χ4v) is 4.56. The fourth-order valence-electron chi connectivity index (χ4n) is 3.23. The molecule has 1 unspecified atom stereocenters. The van der Waals surface area contributed by atoms with Crippen molar-refractivity contribution in [2.75, 3.05) is 6.61 Å². The maximum absolute atomic E-state index is 13.7. The minimum absolute atomic E-state index is 0.0233. The zero-order valence-corrected chi connectivity index (χ0v) is 12.1. The molecule has 4 rings (SSSR count). The molecule has 0 radical (unpaired) electrons. The molecule has 3 atom stereocenters. The summed E-state index contributed by atoms with van der Waals surface area (Å²) in [5, 5.41) is 9.53. The van der Waals surface area contributed by atoms with E-state index in [1.807, 2.05) is 18.2 Å². The van der Waals surface area contributed by atoms with Crippen LogP contribution in [0.4, 0.5) is 4.39 Å². The summed E-state index contributed by atoms with van der Waals surface area (Å²) >= 11 is 1.63. The van der Waals surface area contributed by atoms with E-state index in [1.165, 1.54) is 17.2 Å². The highest BCUT2D eigenvalue weighted by atomic mass is 32.2. The average molecular weight is 302 g/mol. The van der Waals surface area contributed by atoms with Crippen molar-refractivity contribution in [1.82, 2.24) is 0 Å². The summed E-state index contributed by atoms with van der Waals surface area (Å²) in [5.74, 6) is -0.237. The number of thioether (sulfide) groups is 1. The molecule has 108 valence electrons. The van der Waals surface area contributed by atoms with E-state index in [2.05, 4.69) is 12.1 Å². The quantitative estimate of drug-likeness (QED) is 0.873. The lowest BCUT2D eigenvalue weighted by atomic mass is 10.00. The highest BCUT2D eigenvalue weighted by molar-refractivity contribution is 8.00. The summed E-state index contributed by atoms with van der Waals surface area (Å²) < 4.78 is 19.7. The second-order valence-corrected chi connectivity index (χ2v) is 6.75. The highest BCUT2D eigenvalue weighted by Crippen LogP contribution is 2.54. The zero-order chi connectivity index (χ0) is 14.4. The number of halogens is 1. The van der Waals surface area contributed by atoms with Crippen LogP contribution in [0.5, 0.6) is 0 Å². The van der Waals surface area contributed by atoms with Gasteiger partial charge in [-0.25, -0.2) is 4.39 Å². The molecule has 0 amide bonds. The van der Waals surface area contributed by atoms with Crippen LogP contribution in [0, 0.1) is 5.82 Å². The van der Waals surface area contributed by atoms with Crippen molar-refractivity contribution in [3.8, 4) is 0 Å². The van der Waals surface area contributed by atoms with Crippen LogP contribution >= 0.6 is 11.8 Å². The van der Waals surface area contributed by atoms with Crippen LogP contribution in [0.25, 0.3) is 0 Å². The van der Waals surface area contributed by atoms with Crippen molar-refractivity contribution in [3.63, 3.8) is 0 Å². The third-order valence-corrected chi connectivity index (χ3v) is 5.54. The molecule has 2 aromatic rings. The summed E-state index contributed by atoms with van der Waals surface area (Å²) in [5.41, 5.74) is 4.27. The van der Waals surface area contributed by atoms with Gasteiger partial charge in [0.1, 0.15) is 17.4 Å². The Morgan fingerprint density at radius 1 is 1.14 bits per heavy atom. The zero-order valence-electron chi connectivity index (χ0n) is 11.3. The first-order valence-corrected chi connectivity index (χ1v) is 7.98. The molecule has 1 aliphatic heterocycles. The second-order valence-electron chi connectivity index (χ2n) is 5.44. The SMILES string of the molecule is OCC1O[C@@H]2c3cc(F)ccc3Cc3ccccc3[C@@H]2S1. The predicted molar refractivity (Wildman–Crippen MR) is 80.7 cm³/mol. The maximum Gasteiger partial charge on any atom is 0.127 e. The summed E-state index contributed by atoms with van der Waals surface area (Å²) in [7, 11) is 0. The second kappa shape index (κ2) is 5.13. The van der Waals surface area contributed by atoms with Crippen LogP contribution in [0.15, 0.2) is 42.5 Å². The van der Waals surface area contributed by atoms with Crippen molar-refractivity contribution in [3.05, 3.63) is 70.5 Å². The Hall–Kier alpha value is -1.36. The summed E-state index contributed by atoms with van der Waals surface area (Å²) in [6.45, 7) is -0.0233. The molecule has 1 N–H and O–H groups in total. The van der Waals surface area contributed by atoms with Crippen LogP contribution in [0.2, 0.25) is 0 Å². The molecule has 0 aromatic heterocycles. The van der Waals surface area contributed by atoms with E-state index in [1.54, 1.807) is 17.8 Å². The molecule has 2 aromatic carbocycles. The largest absolute Gasteiger partial charge is 0.393 e. The van der Waals surface area contributed by atoms with Crippen LogP contribution in [-0.4, -0.2) is 17.1 Å². The Labute approximate surface area is 126 Å². The number of ether oxygens (including phenoxy) is 1. The summed E-state index contributed by atoms with van der Waals surface area (Å²) in [6, 6.07) is 13.2. The van der Waals surface area contributed by atoms with Gasteiger partial charge in [-0.05, 0) is 40.8 Å². The van der Waals surface area contributed by atoms with E-state index in [4.69, 9.17) is 4.74 Å². The van der Waals surface area contributed by atoms with Crippen LogP contribution in [0.3, 0.4) is 0 Å². The van der Waals surface area contributed by atoms with E-state index in [9.17, 15) is 9.50 Å². The van der Waals surface area contributed by atoms with Gasteiger partial charge in [0.15, 0.2) is 0 Å². The van der Waals surface area contributed by atoms with Gasteiger partial charge in [-0.3, -0.25) is 0 Å². The average Bonchev–Trinajstić information content (AvgIpc) is 2.89. The molecule has 1 saturated heterocycles. The summed E-state index contributed by atoms with van der Waals surface area (Å²) in [4.78, 5) is 0. The van der Waals surface area contributed by atoms with E-state index in [-0.39, 0.29) is 29.2 Å². The standard InChI is InChI=1S/C17H15FO2S/c18-12-6-5-11-7-10-3-1-2-4-13(10)17-16(14(11)8-12)20-15(9-19)21-17/h1-6,8,15-17,19H,7,9H2/t15?,16-,17+/m1/s1. The number of benzene rings is 2. The molecule has 4 heteroatoms. The van der Waals surface area contributed by atoms with E-state index >= 15 is 0 Å². The number of hydrogen-bond donors (Lipinski definition) is 1. The lowest BCUT2D eigenvalue weighted by Crippen LogP contribution is -2.10. The van der Waals surface area contributed by atoms with Crippen molar-refractivity contribution < 1.29 is 14.2 Å². The van der Waals surface area contributed by atoms with Gasteiger partial charge in [-0.15, -0.1) is 11.8 Å². The molecular weight excluding hydrogens is 287 g/mol. The lowest BCUT2D eigenvalue weighted by Gasteiger charge is -2.18. The minimum Gasteiger partial charge on any atom is -0.393 e. The number of hydrogen-bond acceptors (Lipinski definition) is 3. The Kier molecular flexibility index (Phi) is 3.25. The molecule has 0 spiro atoms. The smallest absolute Gasteiger partial charge is 0.127 e. The Bertz CT molecular complexity index is 688. The number of rotatable bonds is 1. The Morgan fingerprint density at radius 2 is 1.95 bits per heavy atom. The predicted octanol–water partition coefficient (Wildman–Crippen LogP) is 3.59. The van der Waals surface area contributed by atoms with Gasteiger partial charge in [0, 0.05) is 0 Å². The van der Waals surface area contributed by atoms with Crippen LogP contribution < -0.4 is 0 Å². The first kappa shape index (κ1) is 13.3. The van der Waals surface area contributed by atoms with E-state index in [0.717, 1.165) is 17.5 Å². The molecule has 2 aliphatic rings. The van der Waals surface area contributed by atoms with Crippen LogP contribution in [-0.2, 0) is 11.2 Å². The Morgan fingerprint density at radius 3 is 2.81 bits per heavy atom. The van der Waals surface area contributed by atoms with E-state index < -0.39 is 0 Å². The van der Waals surface area contributed by atoms with Crippen molar-refractivity contribution in [2.45, 2.75) is 23.2 Å². The van der Waals surface area contributed by atoms with Gasteiger partial charge >= 0.3 is 0 Å². The molecule has 0 saturated carbocycles. The van der Waals surface area contributed by atoms with Gasteiger partial charge in [-0.1, -0.05) is 30.3 Å².